The first kappa shape index (κ1) is 17.0. The van der Waals surface area contributed by atoms with Crippen LogP contribution in [0.2, 0.25) is 0 Å². The van der Waals surface area contributed by atoms with Gasteiger partial charge in [0.15, 0.2) is 0 Å². The fourth-order valence-electron chi connectivity index (χ4n) is 2.45. The summed E-state index contributed by atoms with van der Waals surface area (Å²) in [5, 5.41) is 14.0. The molecule has 1 heterocycles. The Labute approximate surface area is 150 Å². The van der Waals surface area contributed by atoms with Crippen molar-refractivity contribution in [2.24, 2.45) is 0 Å². The summed E-state index contributed by atoms with van der Waals surface area (Å²) in [6.45, 7) is 0. The van der Waals surface area contributed by atoms with Crippen LogP contribution in [0.15, 0.2) is 73.1 Å². The lowest BCUT2D eigenvalue weighted by Crippen LogP contribution is -2.16. The number of hydrogen-bond acceptors (Lipinski definition) is 3. The topological polar surface area (TPSA) is 86.9 Å². The predicted octanol–water partition coefficient (Wildman–Crippen LogP) is 3.58. The number of anilines is 2. The van der Waals surface area contributed by atoms with Crippen molar-refractivity contribution in [2.75, 3.05) is 10.6 Å². The zero-order chi connectivity index (χ0) is 18.4. The zero-order valence-electron chi connectivity index (χ0n) is 13.8. The molecule has 2 amide bonds. The van der Waals surface area contributed by atoms with Gasteiger partial charge in [0.1, 0.15) is 6.42 Å². The molecule has 0 radical (unpaired) electrons. The van der Waals surface area contributed by atoms with Crippen molar-refractivity contribution in [3.63, 3.8) is 0 Å². The molecular formula is C20H16N4O2. The summed E-state index contributed by atoms with van der Waals surface area (Å²) >= 11 is 0. The van der Waals surface area contributed by atoms with E-state index in [-0.39, 0.29) is 12.3 Å². The van der Waals surface area contributed by atoms with Crippen molar-refractivity contribution < 1.29 is 9.59 Å². The molecule has 6 heteroatoms. The molecule has 0 saturated carbocycles. The van der Waals surface area contributed by atoms with Crippen molar-refractivity contribution in [1.29, 1.82) is 5.26 Å². The molecule has 0 aliphatic carbocycles. The van der Waals surface area contributed by atoms with Crippen molar-refractivity contribution in [2.45, 2.75) is 6.42 Å². The van der Waals surface area contributed by atoms with Crippen LogP contribution in [0.1, 0.15) is 16.8 Å². The van der Waals surface area contributed by atoms with Crippen molar-refractivity contribution >= 4 is 23.2 Å². The molecule has 0 bridgehead atoms. The maximum atomic E-state index is 12.5. The molecule has 1 aromatic heterocycles. The lowest BCUT2D eigenvalue weighted by Gasteiger charge is -2.12. The highest BCUT2D eigenvalue weighted by Crippen LogP contribution is 2.22. The molecule has 0 saturated heterocycles. The SMILES string of the molecule is N#CCC(=O)Nc1ccccc1NC(=O)c1ccc(-n2cccc2)cc1. The lowest BCUT2D eigenvalue weighted by atomic mass is 10.1. The zero-order valence-corrected chi connectivity index (χ0v) is 13.8. The van der Waals surface area contributed by atoms with Crippen LogP contribution in [0, 0.1) is 11.3 Å². The average Bonchev–Trinajstić information content (AvgIpc) is 3.18. The number of hydrogen-bond donors (Lipinski definition) is 2. The van der Waals surface area contributed by atoms with Gasteiger partial charge in [-0.3, -0.25) is 9.59 Å². The second-order valence-corrected chi connectivity index (χ2v) is 5.52. The molecule has 128 valence electrons. The minimum absolute atomic E-state index is 0.247. The molecule has 0 unspecified atom stereocenters. The summed E-state index contributed by atoms with van der Waals surface area (Å²) in [7, 11) is 0. The van der Waals surface area contributed by atoms with Crippen LogP contribution in [0.4, 0.5) is 11.4 Å². The number of amides is 2. The predicted molar refractivity (Wildman–Crippen MR) is 99.0 cm³/mol. The molecule has 0 spiro atoms. The van der Waals surface area contributed by atoms with E-state index in [1.165, 1.54) is 0 Å². The van der Waals surface area contributed by atoms with Crippen molar-refractivity contribution in [3.8, 4) is 11.8 Å². The second-order valence-electron chi connectivity index (χ2n) is 5.52. The van der Waals surface area contributed by atoms with Gasteiger partial charge in [-0.25, -0.2) is 0 Å². The summed E-state index contributed by atoms with van der Waals surface area (Å²) in [5.41, 5.74) is 2.37. The van der Waals surface area contributed by atoms with Gasteiger partial charge in [0.05, 0.1) is 17.4 Å². The third kappa shape index (κ3) is 3.97. The fraction of sp³-hybridized carbons (Fsp3) is 0.0500. The summed E-state index contributed by atoms with van der Waals surface area (Å²) in [4.78, 5) is 24.1. The second kappa shape index (κ2) is 7.81. The third-order valence-electron chi connectivity index (χ3n) is 3.72. The van der Waals surface area contributed by atoms with Crippen LogP contribution in [-0.4, -0.2) is 16.4 Å². The highest BCUT2D eigenvalue weighted by molar-refractivity contribution is 6.07. The Balaban J connectivity index is 1.74. The van der Waals surface area contributed by atoms with E-state index in [1.807, 2.05) is 41.2 Å². The summed E-state index contributed by atoms with van der Waals surface area (Å²) in [6.07, 6.45) is 3.60. The van der Waals surface area contributed by atoms with E-state index < -0.39 is 5.91 Å². The number of benzene rings is 2. The van der Waals surface area contributed by atoms with Gasteiger partial charge in [0, 0.05) is 23.6 Å². The highest BCUT2D eigenvalue weighted by atomic mass is 16.2. The molecule has 0 aliphatic heterocycles. The first-order chi connectivity index (χ1) is 12.7. The number of carbonyl (C=O) groups is 2. The average molecular weight is 344 g/mol. The molecular weight excluding hydrogens is 328 g/mol. The van der Waals surface area contributed by atoms with Gasteiger partial charge in [-0.15, -0.1) is 0 Å². The largest absolute Gasteiger partial charge is 0.324 e. The highest BCUT2D eigenvalue weighted by Gasteiger charge is 2.11. The van der Waals surface area contributed by atoms with E-state index in [0.717, 1.165) is 5.69 Å². The normalized spacial score (nSPS) is 9.96. The van der Waals surface area contributed by atoms with E-state index >= 15 is 0 Å². The maximum absolute atomic E-state index is 12.5. The molecule has 2 N–H and O–H groups in total. The van der Waals surface area contributed by atoms with Crippen LogP contribution >= 0.6 is 0 Å². The first-order valence-electron chi connectivity index (χ1n) is 7.98. The van der Waals surface area contributed by atoms with Gasteiger partial charge in [0.25, 0.3) is 5.91 Å². The summed E-state index contributed by atoms with van der Waals surface area (Å²) < 4.78 is 1.95. The number of rotatable bonds is 5. The molecule has 0 fully saturated rings. The Morgan fingerprint density at radius 2 is 1.50 bits per heavy atom. The van der Waals surface area contributed by atoms with Gasteiger partial charge in [0.2, 0.25) is 5.91 Å². The minimum Gasteiger partial charge on any atom is -0.324 e. The van der Waals surface area contributed by atoms with E-state index in [9.17, 15) is 9.59 Å². The fourth-order valence-corrected chi connectivity index (χ4v) is 2.45. The van der Waals surface area contributed by atoms with Gasteiger partial charge in [-0.2, -0.15) is 5.26 Å². The molecule has 0 atom stereocenters. The van der Waals surface area contributed by atoms with Crippen LogP contribution in [-0.2, 0) is 4.79 Å². The molecule has 6 nitrogen and oxygen atoms in total. The third-order valence-corrected chi connectivity index (χ3v) is 3.72. The van der Waals surface area contributed by atoms with E-state index in [4.69, 9.17) is 5.26 Å². The smallest absolute Gasteiger partial charge is 0.255 e. The Hall–Kier alpha value is -3.85. The first-order valence-corrected chi connectivity index (χ1v) is 7.98. The molecule has 2 aromatic carbocycles. The summed E-state index contributed by atoms with van der Waals surface area (Å²) in [5.74, 6) is -0.712. The molecule has 3 aromatic rings. The molecule has 3 rings (SSSR count). The Morgan fingerprint density at radius 1 is 0.885 bits per heavy atom. The number of para-hydroxylation sites is 2. The van der Waals surface area contributed by atoms with Crippen molar-refractivity contribution in [3.05, 3.63) is 78.6 Å². The number of nitriles is 1. The lowest BCUT2D eigenvalue weighted by molar-refractivity contribution is -0.115. The van der Waals surface area contributed by atoms with Crippen LogP contribution in [0.5, 0.6) is 0 Å². The molecule has 26 heavy (non-hydrogen) atoms. The van der Waals surface area contributed by atoms with Crippen LogP contribution < -0.4 is 10.6 Å². The maximum Gasteiger partial charge on any atom is 0.255 e. The van der Waals surface area contributed by atoms with E-state index in [1.54, 1.807) is 42.5 Å². The van der Waals surface area contributed by atoms with E-state index in [2.05, 4.69) is 10.6 Å². The van der Waals surface area contributed by atoms with Crippen molar-refractivity contribution in [1.82, 2.24) is 4.57 Å². The number of carbonyl (C=O) groups excluding carboxylic acids is 2. The van der Waals surface area contributed by atoms with Gasteiger partial charge in [-0.05, 0) is 48.5 Å². The van der Waals surface area contributed by atoms with Crippen LogP contribution in [0.25, 0.3) is 5.69 Å². The number of aromatic nitrogens is 1. The standard InChI is InChI=1S/C20H16N4O2/c21-12-11-19(25)22-17-5-1-2-6-18(17)23-20(26)15-7-9-16(10-8-15)24-13-3-4-14-24/h1-10,13-14H,11H2,(H,22,25)(H,23,26). The van der Waals surface area contributed by atoms with Gasteiger partial charge >= 0.3 is 0 Å². The Kier molecular flexibility index (Phi) is 5.11. The minimum atomic E-state index is -0.426. The Bertz CT molecular complexity index is 954. The number of nitrogens with one attached hydrogen (secondary N) is 2. The van der Waals surface area contributed by atoms with Crippen LogP contribution in [0.3, 0.4) is 0 Å². The monoisotopic (exact) mass is 344 g/mol. The quantitative estimate of drug-likeness (QED) is 0.741. The number of nitrogens with zero attached hydrogens (tertiary/aromatic N) is 2. The van der Waals surface area contributed by atoms with E-state index in [0.29, 0.717) is 16.9 Å². The van der Waals surface area contributed by atoms with Gasteiger partial charge < -0.3 is 15.2 Å². The molecule has 0 aliphatic rings. The Morgan fingerprint density at radius 3 is 2.12 bits per heavy atom. The summed E-state index contributed by atoms with van der Waals surface area (Å²) in [6, 6.07) is 19.7. The van der Waals surface area contributed by atoms with Gasteiger partial charge in [-0.1, -0.05) is 12.1 Å².